The second kappa shape index (κ2) is 5.55. The summed E-state index contributed by atoms with van der Waals surface area (Å²) in [6, 6.07) is 8.04. The largest absolute Gasteiger partial charge is 0.426 e. The Hall–Kier alpha value is -2.17. The van der Waals surface area contributed by atoms with Gasteiger partial charge >= 0.3 is 6.09 Å². The van der Waals surface area contributed by atoms with Crippen LogP contribution in [0, 0.1) is 0 Å². The highest BCUT2D eigenvalue weighted by atomic mass is 35.5. The van der Waals surface area contributed by atoms with E-state index in [4.69, 9.17) is 16.3 Å². The van der Waals surface area contributed by atoms with Crippen LogP contribution in [0.25, 0.3) is 4.96 Å². The second-order valence-electron chi connectivity index (χ2n) is 3.95. The molecule has 0 saturated carbocycles. The molecule has 0 aliphatic carbocycles. The van der Waals surface area contributed by atoms with Gasteiger partial charge in [-0.3, -0.25) is 0 Å². The monoisotopic (exact) mass is 358 g/mol. The zero-order valence-electron chi connectivity index (χ0n) is 10.6. The number of halogens is 1. The zero-order chi connectivity index (χ0) is 15.7. The first-order chi connectivity index (χ1) is 10.5. The maximum Gasteiger partial charge on any atom is 0.426 e. The van der Waals surface area contributed by atoms with E-state index in [1.165, 1.54) is 17.6 Å². The fourth-order valence-electron chi connectivity index (χ4n) is 1.65. The Morgan fingerprint density at radius 3 is 2.77 bits per heavy atom. The van der Waals surface area contributed by atoms with E-state index in [9.17, 15) is 13.2 Å². The van der Waals surface area contributed by atoms with Gasteiger partial charge in [0.1, 0.15) is 11.3 Å². The van der Waals surface area contributed by atoms with E-state index in [-0.39, 0.29) is 10.9 Å². The number of rotatable bonds is 3. The van der Waals surface area contributed by atoms with E-state index in [1.54, 1.807) is 22.9 Å². The van der Waals surface area contributed by atoms with Gasteiger partial charge < -0.3 is 4.74 Å². The predicted octanol–water partition coefficient (Wildman–Crippen LogP) is 1.92. The van der Waals surface area contributed by atoms with E-state index >= 15 is 0 Å². The summed E-state index contributed by atoms with van der Waals surface area (Å²) >= 11 is 6.91. The Balaban J connectivity index is 1.86. The highest BCUT2D eigenvalue weighted by Gasteiger charge is 2.28. The maximum atomic E-state index is 12.2. The molecule has 0 unspecified atom stereocenters. The number of amides is 1. The van der Waals surface area contributed by atoms with Gasteiger partial charge in [0.05, 0.1) is 0 Å². The Morgan fingerprint density at radius 2 is 2.05 bits per heavy atom. The standard InChI is InChI=1S/C11H7ClN4O4S2/c12-8-9(16-10(14-8)21-6-13-16)22(18,19)15-11(17)20-7-4-2-1-3-5-7/h1-6H,(H,15,17). The maximum absolute atomic E-state index is 12.2. The Labute approximate surface area is 133 Å². The molecule has 3 rings (SSSR count). The fourth-order valence-corrected chi connectivity index (χ4v) is 3.83. The normalized spacial score (nSPS) is 11.5. The molecule has 0 aliphatic heterocycles. The second-order valence-corrected chi connectivity index (χ2v) is 6.72. The number of sulfonamides is 1. The molecule has 0 atom stereocenters. The predicted molar refractivity (Wildman–Crippen MR) is 78.7 cm³/mol. The Morgan fingerprint density at radius 1 is 1.32 bits per heavy atom. The van der Waals surface area contributed by atoms with E-state index in [0.717, 1.165) is 15.9 Å². The molecular weight excluding hydrogens is 352 g/mol. The summed E-state index contributed by atoms with van der Waals surface area (Å²) in [5.41, 5.74) is 1.40. The van der Waals surface area contributed by atoms with Gasteiger partial charge in [0, 0.05) is 0 Å². The van der Waals surface area contributed by atoms with Crippen LogP contribution in [0.2, 0.25) is 5.15 Å². The summed E-state index contributed by atoms with van der Waals surface area (Å²) in [7, 11) is -4.28. The van der Waals surface area contributed by atoms with Gasteiger partial charge in [-0.05, 0) is 12.1 Å². The lowest BCUT2D eigenvalue weighted by molar-refractivity contribution is 0.206. The number of aromatic nitrogens is 3. The SMILES string of the molecule is O=C(NS(=O)(=O)c1c(Cl)nc2scnn12)Oc1ccccc1. The third-order valence-electron chi connectivity index (χ3n) is 2.49. The van der Waals surface area contributed by atoms with E-state index in [0.29, 0.717) is 4.96 Å². The van der Waals surface area contributed by atoms with Crippen molar-refractivity contribution >= 4 is 44.0 Å². The average molecular weight is 359 g/mol. The number of ether oxygens (including phenoxy) is 1. The summed E-state index contributed by atoms with van der Waals surface area (Å²) in [6.45, 7) is 0. The van der Waals surface area contributed by atoms with E-state index in [2.05, 4.69) is 10.1 Å². The fraction of sp³-hybridized carbons (Fsp3) is 0. The van der Waals surface area contributed by atoms with Gasteiger partial charge in [-0.15, -0.1) is 0 Å². The molecule has 0 saturated heterocycles. The molecule has 0 aliphatic rings. The highest BCUT2D eigenvalue weighted by molar-refractivity contribution is 7.90. The lowest BCUT2D eigenvalue weighted by Gasteiger charge is -2.06. The minimum Gasteiger partial charge on any atom is -0.410 e. The molecule has 22 heavy (non-hydrogen) atoms. The summed E-state index contributed by atoms with van der Waals surface area (Å²) in [5, 5.41) is 3.11. The third kappa shape index (κ3) is 2.75. The number of hydrogen-bond donors (Lipinski definition) is 1. The Bertz CT molecular complexity index is 936. The lowest BCUT2D eigenvalue weighted by Crippen LogP contribution is -2.34. The van der Waals surface area contributed by atoms with Crippen molar-refractivity contribution in [2.24, 2.45) is 0 Å². The summed E-state index contributed by atoms with van der Waals surface area (Å²) in [6.07, 6.45) is -1.16. The van der Waals surface area contributed by atoms with Crippen molar-refractivity contribution in [3.05, 3.63) is 41.0 Å². The summed E-state index contributed by atoms with van der Waals surface area (Å²) < 4.78 is 32.1. The third-order valence-corrected chi connectivity index (χ3v) is 4.85. The first kappa shape index (κ1) is 14.8. The lowest BCUT2D eigenvalue weighted by atomic mass is 10.3. The van der Waals surface area contributed by atoms with Gasteiger partial charge in [0.25, 0.3) is 10.0 Å². The molecule has 0 spiro atoms. The Kier molecular flexibility index (Phi) is 3.72. The number of imidazole rings is 1. The van der Waals surface area contributed by atoms with E-state index in [1.807, 2.05) is 0 Å². The van der Waals surface area contributed by atoms with Crippen LogP contribution in [0.5, 0.6) is 5.75 Å². The number of carbonyl (C=O) groups is 1. The first-order valence-corrected chi connectivity index (χ1v) is 8.49. The molecule has 0 fully saturated rings. The van der Waals surface area contributed by atoms with Crippen LogP contribution >= 0.6 is 22.9 Å². The molecular formula is C11H7ClN4O4S2. The van der Waals surface area contributed by atoms with Crippen LogP contribution in [-0.4, -0.2) is 29.1 Å². The van der Waals surface area contributed by atoms with Crippen LogP contribution in [-0.2, 0) is 10.0 Å². The van der Waals surface area contributed by atoms with Crippen LogP contribution in [0.3, 0.4) is 0 Å². The molecule has 3 aromatic rings. The number of fused-ring (bicyclic) bond motifs is 1. The number of para-hydroxylation sites is 1. The van der Waals surface area contributed by atoms with Crippen molar-refractivity contribution < 1.29 is 17.9 Å². The molecule has 0 radical (unpaired) electrons. The number of nitrogens with one attached hydrogen (secondary N) is 1. The molecule has 1 N–H and O–H groups in total. The van der Waals surface area contributed by atoms with E-state index < -0.39 is 21.1 Å². The topological polar surface area (TPSA) is 103 Å². The number of benzene rings is 1. The average Bonchev–Trinajstić information content (AvgIpc) is 2.98. The molecule has 8 nitrogen and oxygen atoms in total. The molecule has 0 bridgehead atoms. The smallest absolute Gasteiger partial charge is 0.410 e. The number of nitrogens with zero attached hydrogens (tertiary/aromatic N) is 3. The summed E-state index contributed by atoms with van der Waals surface area (Å²) in [4.78, 5) is 15.8. The molecule has 2 aromatic heterocycles. The van der Waals surface area contributed by atoms with Gasteiger partial charge in [0.2, 0.25) is 9.99 Å². The highest BCUT2D eigenvalue weighted by Crippen LogP contribution is 2.23. The minimum absolute atomic E-state index is 0.202. The van der Waals surface area contributed by atoms with Crippen molar-refractivity contribution in [3.8, 4) is 5.75 Å². The van der Waals surface area contributed by atoms with Crippen molar-refractivity contribution in [2.45, 2.75) is 5.03 Å². The first-order valence-electron chi connectivity index (χ1n) is 5.75. The van der Waals surface area contributed by atoms with Crippen LogP contribution in [0.1, 0.15) is 0 Å². The molecule has 1 aromatic carbocycles. The van der Waals surface area contributed by atoms with Gasteiger partial charge in [-0.25, -0.2) is 14.5 Å². The van der Waals surface area contributed by atoms with Crippen molar-refractivity contribution in [2.75, 3.05) is 0 Å². The molecule has 2 heterocycles. The quantitative estimate of drug-likeness (QED) is 0.767. The van der Waals surface area contributed by atoms with Crippen LogP contribution in [0.15, 0.2) is 40.9 Å². The van der Waals surface area contributed by atoms with Gasteiger partial charge in [0.15, 0.2) is 5.15 Å². The van der Waals surface area contributed by atoms with Gasteiger partial charge in [-0.1, -0.05) is 41.1 Å². The van der Waals surface area contributed by atoms with Crippen LogP contribution < -0.4 is 9.46 Å². The zero-order valence-corrected chi connectivity index (χ0v) is 13.0. The number of carbonyl (C=O) groups excluding carboxylic acids is 1. The molecule has 1 amide bonds. The summed E-state index contributed by atoms with van der Waals surface area (Å²) in [5.74, 6) is 0.202. The minimum atomic E-state index is -4.28. The molecule has 114 valence electrons. The van der Waals surface area contributed by atoms with Crippen molar-refractivity contribution in [1.29, 1.82) is 0 Å². The van der Waals surface area contributed by atoms with Crippen molar-refractivity contribution in [3.63, 3.8) is 0 Å². The molecule has 11 heteroatoms. The van der Waals surface area contributed by atoms with Crippen LogP contribution in [0.4, 0.5) is 4.79 Å². The van der Waals surface area contributed by atoms with Crippen molar-refractivity contribution in [1.82, 2.24) is 19.3 Å². The van der Waals surface area contributed by atoms with Gasteiger partial charge in [-0.2, -0.15) is 18.0 Å². The number of hydrogen-bond acceptors (Lipinski definition) is 7.